The van der Waals surface area contributed by atoms with Crippen LogP contribution in [0.3, 0.4) is 0 Å². The van der Waals surface area contributed by atoms with Gasteiger partial charge in [-0.2, -0.15) is 4.98 Å². The molecule has 2 aliphatic heterocycles. The number of piperidine rings is 2. The average molecular weight is 348 g/mol. The smallest absolute Gasteiger partial charge is 0.222 e. The zero-order chi connectivity index (χ0) is 17.8. The number of anilines is 2. The molecule has 140 valence electrons. The van der Waals surface area contributed by atoms with Crippen molar-refractivity contribution in [2.24, 2.45) is 0 Å². The lowest BCUT2D eigenvalue weighted by molar-refractivity contribution is 0.0398. The van der Waals surface area contributed by atoms with Crippen molar-refractivity contribution in [3.05, 3.63) is 11.3 Å². The number of nitrogens with two attached hydrogens (primary N) is 1. The first-order chi connectivity index (χ1) is 12.1. The lowest BCUT2D eigenvalue weighted by Crippen LogP contribution is -2.50. The molecule has 0 amide bonds. The first-order valence-electron chi connectivity index (χ1n) is 9.88. The summed E-state index contributed by atoms with van der Waals surface area (Å²) < 4.78 is 0. The molecule has 0 spiro atoms. The molecule has 1 aromatic heterocycles. The van der Waals surface area contributed by atoms with E-state index in [1.807, 2.05) is 0 Å². The number of hydrogen-bond acceptors (Lipinski definition) is 6. The van der Waals surface area contributed by atoms with Gasteiger partial charge in [-0.3, -0.25) is 4.90 Å². The highest BCUT2D eigenvalue weighted by Crippen LogP contribution is 2.28. The van der Waals surface area contributed by atoms with Gasteiger partial charge in [0.15, 0.2) is 0 Å². The van der Waals surface area contributed by atoms with Gasteiger partial charge in [-0.05, 0) is 52.0 Å². The summed E-state index contributed by atoms with van der Waals surface area (Å²) in [5.74, 6) is 1.43. The fraction of sp³-hybridized carbons (Fsp3) is 0.789. The van der Waals surface area contributed by atoms with E-state index in [2.05, 4.69) is 33.6 Å². The van der Waals surface area contributed by atoms with Crippen molar-refractivity contribution in [2.45, 2.75) is 70.9 Å². The van der Waals surface area contributed by atoms with Crippen molar-refractivity contribution in [2.75, 3.05) is 36.8 Å². The van der Waals surface area contributed by atoms with Crippen molar-refractivity contribution in [1.29, 1.82) is 0 Å². The minimum absolute atomic E-state index is 0.142. The molecule has 1 atom stereocenters. The Labute approximate surface area is 151 Å². The van der Waals surface area contributed by atoms with E-state index in [9.17, 15) is 5.11 Å². The van der Waals surface area contributed by atoms with Crippen LogP contribution in [0.15, 0.2) is 0 Å². The van der Waals surface area contributed by atoms with Gasteiger partial charge in [-0.15, -0.1) is 0 Å². The van der Waals surface area contributed by atoms with Gasteiger partial charge >= 0.3 is 0 Å². The Hall–Kier alpha value is -1.40. The minimum Gasteiger partial charge on any atom is -0.392 e. The summed E-state index contributed by atoms with van der Waals surface area (Å²) in [6.07, 6.45) is 7.53. The van der Waals surface area contributed by atoms with Gasteiger partial charge in [0.05, 0.1) is 6.10 Å². The molecule has 1 aromatic rings. The van der Waals surface area contributed by atoms with E-state index in [1.54, 1.807) is 0 Å². The molecule has 6 nitrogen and oxygen atoms in total. The van der Waals surface area contributed by atoms with E-state index in [0.717, 1.165) is 76.2 Å². The number of aryl methyl sites for hydroxylation is 1. The van der Waals surface area contributed by atoms with Crippen LogP contribution in [0, 0.1) is 6.92 Å². The van der Waals surface area contributed by atoms with Crippen molar-refractivity contribution < 1.29 is 5.11 Å². The summed E-state index contributed by atoms with van der Waals surface area (Å²) in [6.45, 7) is 8.24. The first-order valence-corrected chi connectivity index (χ1v) is 9.88. The highest BCUT2D eigenvalue weighted by Gasteiger charge is 2.29. The Kier molecular flexibility index (Phi) is 6.12. The van der Waals surface area contributed by atoms with Crippen molar-refractivity contribution in [3.63, 3.8) is 0 Å². The number of hydrogen-bond donors (Lipinski definition) is 2. The average Bonchev–Trinajstić information content (AvgIpc) is 2.60. The third kappa shape index (κ3) is 4.42. The highest BCUT2D eigenvalue weighted by molar-refractivity contribution is 5.52. The van der Waals surface area contributed by atoms with Crippen LogP contribution < -0.4 is 10.6 Å². The monoisotopic (exact) mass is 347 g/mol. The van der Waals surface area contributed by atoms with Crippen LogP contribution in [0.4, 0.5) is 11.8 Å². The number of aliphatic hydroxyl groups excluding tert-OH is 1. The Bertz CT molecular complexity index is 571. The second-order valence-electron chi connectivity index (χ2n) is 7.58. The Morgan fingerprint density at radius 1 is 1.16 bits per heavy atom. The number of aromatic nitrogens is 2. The van der Waals surface area contributed by atoms with Crippen molar-refractivity contribution in [1.82, 2.24) is 14.9 Å². The molecule has 6 heteroatoms. The summed E-state index contributed by atoms with van der Waals surface area (Å²) in [6, 6.07) is 0.588. The first kappa shape index (κ1) is 18.4. The molecule has 0 aromatic carbocycles. The maximum atomic E-state index is 9.94. The Morgan fingerprint density at radius 2 is 1.92 bits per heavy atom. The standard InChI is InChI=1S/C19H33N5O/c1-3-4-7-17-14(2)21-19(20)22-18(17)23-11-8-15(9-12-23)24-10-5-6-16(25)13-24/h15-16,25H,3-13H2,1-2H3,(H2,20,21,22)/t16-/m0/s1. The molecule has 3 N–H and O–H groups in total. The normalized spacial score (nSPS) is 23.2. The summed E-state index contributed by atoms with van der Waals surface area (Å²) in [7, 11) is 0. The fourth-order valence-corrected chi connectivity index (χ4v) is 4.27. The molecule has 0 unspecified atom stereocenters. The topological polar surface area (TPSA) is 78.5 Å². The van der Waals surface area contributed by atoms with Crippen LogP contribution in [0.1, 0.15) is 56.7 Å². The van der Waals surface area contributed by atoms with Gasteiger partial charge in [-0.1, -0.05) is 13.3 Å². The molecular weight excluding hydrogens is 314 g/mol. The van der Waals surface area contributed by atoms with E-state index < -0.39 is 0 Å². The van der Waals surface area contributed by atoms with E-state index in [0.29, 0.717) is 12.0 Å². The molecule has 3 rings (SSSR count). The van der Waals surface area contributed by atoms with Gasteiger partial charge in [0.25, 0.3) is 0 Å². The van der Waals surface area contributed by atoms with Crippen molar-refractivity contribution >= 4 is 11.8 Å². The van der Waals surface area contributed by atoms with E-state index >= 15 is 0 Å². The zero-order valence-electron chi connectivity index (χ0n) is 15.7. The second-order valence-corrected chi connectivity index (χ2v) is 7.58. The van der Waals surface area contributed by atoms with Crippen LogP contribution in [-0.2, 0) is 6.42 Å². The SMILES string of the molecule is CCCCc1c(C)nc(N)nc1N1CCC(N2CCC[C@H](O)C2)CC1. The quantitative estimate of drug-likeness (QED) is 0.850. The van der Waals surface area contributed by atoms with Crippen LogP contribution in [-0.4, -0.2) is 58.3 Å². The molecule has 0 bridgehead atoms. The predicted octanol–water partition coefficient (Wildman–Crippen LogP) is 2.14. The molecule has 0 aliphatic carbocycles. The maximum Gasteiger partial charge on any atom is 0.222 e. The number of β-amino-alcohol motifs (C(OH)–C–C–N with tert-alkyl or cyclic N) is 1. The Balaban J connectivity index is 1.68. The zero-order valence-corrected chi connectivity index (χ0v) is 15.7. The lowest BCUT2D eigenvalue weighted by Gasteiger charge is -2.42. The third-order valence-corrected chi connectivity index (χ3v) is 5.70. The van der Waals surface area contributed by atoms with E-state index in [4.69, 9.17) is 5.73 Å². The molecule has 3 heterocycles. The van der Waals surface area contributed by atoms with Gasteiger partial charge in [0.1, 0.15) is 5.82 Å². The molecule has 2 fully saturated rings. The van der Waals surface area contributed by atoms with E-state index in [-0.39, 0.29) is 6.10 Å². The fourth-order valence-electron chi connectivity index (χ4n) is 4.27. The summed E-state index contributed by atoms with van der Waals surface area (Å²) in [4.78, 5) is 13.9. The number of rotatable bonds is 5. The number of likely N-dealkylation sites (tertiary alicyclic amines) is 1. The number of nitrogens with zero attached hydrogens (tertiary/aromatic N) is 4. The maximum absolute atomic E-state index is 9.94. The number of nitrogen functional groups attached to an aromatic ring is 1. The van der Waals surface area contributed by atoms with Gasteiger partial charge in [-0.25, -0.2) is 4.98 Å². The van der Waals surface area contributed by atoms with Crippen LogP contribution in [0.5, 0.6) is 0 Å². The Morgan fingerprint density at radius 3 is 2.60 bits per heavy atom. The summed E-state index contributed by atoms with van der Waals surface area (Å²) in [5, 5.41) is 9.94. The molecule has 2 saturated heterocycles. The molecule has 2 aliphatic rings. The minimum atomic E-state index is -0.142. The largest absolute Gasteiger partial charge is 0.392 e. The molecule has 0 radical (unpaired) electrons. The lowest BCUT2D eigenvalue weighted by atomic mass is 9.98. The van der Waals surface area contributed by atoms with Gasteiger partial charge in [0.2, 0.25) is 5.95 Å². The predicted molar refractivity (Wildman–Crippen MR) is 102 cm³/mol. The van der Waals surface area contributed by atoms with Crippen LogP contribution in [0.25, 0.3) is 0 Å². The summed E-state index contributed by atoms with van der Waals surface area (Å²) >= 11 is 0. The second kappa shape index (κ2) is 8.32. The molecular formula is C19H33N5O. The van der Waals surface area contributed by atoms with Crippen molar-refractivity contribution in [3.8, 4) is 0 Å². The third-order valence-electron chi connectivity index (χ3n) is 5.70. The molecule has 0 saturated carbocycles. The van der Waals surface area contributed by atoms with Crippen LogP contribution in [0.2, 0.25) is 0 Å². The number of aliphatic hydroxyl groups is 1. The van der Waals surface area contributed by atoms with Gasteiger partial charge < -0.3 is 15.7 Å². The summed E-state index contributed by atoms with van der Waals surface area (Å²) in [5.41, 5.74) is 8.23. The van der Waals surface area contributed by atoms with Crippen LogP contribution >= 0.6 is 0 Å². The number of unbranched alkanes of at least 4 members (excludes halogenated alkanes) is 1. The highest BCUT2D eigenvalue weighted by atomic mass is 16.3. The molecule has 25 heavy (non-hydrogen) atoms. The van der Waals surface area contributed by atoms with Gasteiger partial charge in [0, 0.05) is 36.9 Å². The van der Waals surface area contributed by atoms with E-state index in [1.165, 1.54) is 12.0 Å².